The second kappa shape index (κ2) is 8.50. The van der Waals surface area contributed by atoms with Crippen molar-refractivity contribution in [3.63, 3.8) is 0 Å². The fraction of sp³-hybridized carbons (Fsp3) is 0.385. The number of amides is 1. The van der Waals surface area contributed by atoms with Gasteiger partial charge in [0.1, 0.15) is 12.1 Å². The number of primary amides is 1. The highest BCUT2D eigenvalue weighted by Gasteiger charge is 2.25. The van der Waals surface area contributed by atoms with Crippen molar-refractivity contribution < 1.29 is 14.7 Å². The minimum atomic E-state index is -0.973. The minimum Gasteiger partial charge on any atom is -0.480 e. The molecule has 0 aliphatic rings. The molecule has 0 radical (unpaired) electrons. The number of aliphatic carboxylic acids is 1. The number of nitrogens with one attached hydrogen (secondary N) is 1. The summed E-state index contributed by atoms with van der Waals surface area (Å²) in [7, 11) is 0. The third-order valence-corrected chi connectivity index (χ3v) is 2.66. The normalized spacial score (nSPS) is 13.1. The lowest BCUT2D eigenvalue weighted by atomic mass is 10.0. The molecule has 106 valence electrons. The highest BCUT2D eigenvalue weighted by Crippen LogP contribution is 2.14. The van der Waals surface area contributed by atoms with Gasteiger partial charge in [-0.3, -0.25) is 14.9 Å². The molecule has 0 fully saturated rings. The van der Waals surface area contributed by atoms with Crippen molar-refractivity contribution in [2.24, 2.45) is 5.73 Å². The van der Waals surface area contributed by atoms with Crippen LogP contribution in [-0.2, 0) is 9.59 Å². The molecule has 0 spiro atoms. The lowest BCUT2D eigenvalue weighted by Crippen LogP contribution is -2.44. The maximum absolute atomic E-state index is 11.4. The molecule has 2 unspecified atom stereocenters. The zero-order chi connectivity index (χ0) is 13.5. The lowest BCUT2D eigenvalue weighted by molar-refractivity contribution is -0.140. The Morgan fingerprint density at radius 3 is 2.32 bits per heavy atom. The molecule has 1 rings (SSSR count). The highest BCUT2D eigenvalue weighted by molar-refractivity contribution is 5.85. The third-order valence-electron chi connectivity index (χ3n) is 2.66. The summed E-state index contributed by atoms with van der Waals surface area (Å²) < 4.78 is 0. The zero-order valence-electron chi connectivity index (χ0n) is 10.7. The number of benzene rings is 1. The molecule has 2 atom stereocenters. The van der Waals surface area contributed by atoms with E-state index in [2.05, 4.69) is 5.32 Å². The van der Waals surface area contributed by atoms with E-state index in [0.717, 1.165) is 0 Å². The number of carboxylic acid groups (broad SMARTS) is 1. The number of carbonyl (C=O) groups is 2. The smallest absolute Gasteiger partial charge is 0.320 e. The monoisotopic (exact) mass is 286 g/mol. The molecule has 0 bridgehead atoms. The van der Waals surface area contributed by atoms with Gasteiger partial charge in [-0.25, -0.2) is 0 Å². The first-order chi connectivity index (χ1) is 8.56. The summed E-state index contributed by atoms with van der Waals surface area (Å²) in [6.45, 7) is 1.89. The molecule has 6 heteroatoms. The van der Waals surface area contributed by atoms with E-state index in [1.807, 2.05) is 13.0 Å². The molecule has 0 aliphatic heterocycles. The van der Waals surface area contributed by atoms with Crippen molar-refractivity contribution in [3.8, 4) is 0 Å². The van der Waals surface area contributed by atoms with Crippen LogP contribution in [0.2, 0.25) is 0 Å². The largest absolute Gasteiger partial charge is 0.480 e. The Morgan fingerprint density at radius 2 is 1.89 bits per heavy atom. The van der Waals surface area contributed by atoms with E-state index in [4.69, 9.17) is 10.8 Å². The molecule has 1 aromatic carbocycles. The Morgan fingerprint density at radius 1 is 1.32 bits per heavy atom. The minimum absolute atomic E-state index is 0. The molecule has 0 saturated heterocycles. The summed E-state index contributed by atoms with van der Waals surface area (Å²) in [5.74, 6) is -1.55. The number of carboxylic acids is 1. The molecular weight excluding hydrogens is 268 g/mol. The predicted molar refractivity (Wildman–Crippen MR) is 75.1 cm³/mol. The van der Waals surface area contributed by atoms with Gasteiger partial charge in [-0.05, 0) is 12.0 Å². The molecule has 0 aliphatic carbocycles. The zero-order valence-corrected chi connectivity index (χ0v) is 11.5. The van der Waals surface area contributed by atoms with Crippen molar-refractivity contribution >= 4 is 24.3 Å². The molecule has 19 heavy (non-hydrogen) atoms. The SMILES string of the molecule is CCCC(NC(C(N)=O)c1ccccc1)C(=O)O.Cl. The summed E-state index contributed by atoms with van der Waals surface area (Å²) >= 11 is 0. The predicted octanol–water partition coefficient (Wildman–Crippen LogP) is 1.48. The Hall–Kier alpha value is -1.59. The van der Waals surface area contributed by atoms with Crippen LogP contribution in [0.15, 0.2) is 30.3 Å². The fourth-order valence-electron chi connectivity index (χ4n) is 1.76. The Bertz CT molecular complexity index is 412. The topological polar surface area (TPSA) is 92.4 Å². The maximum atomic E-state index is 11.4. The molecule has 1 amide bonds. The summed E-state index contributed by atoms with van der Waals surface area (Å²) in [4.78, 5) is 22.5. The van der Waals surface area contributed by atoms with E-state index < -0.39 is 24.0 Å². The summed E-state index contributed by atoms with van der Waals surface area (Å²) in [6.07, 6.45) is 1.16. The fourth-order valence-corrected chi connectivity index (χ4v) is 1.76. The van der Waals surface area contributed by atoms with Gasteiger partial charge < -0.3 is 10.8 Å². The van der Waals surface area contributed by atoms with Crippen molar-refractivity contribution in [1.82, 2.24) is 5.32 Å². The molecular formula is C13H19ClN2O3. The highest BCUT2D eigenvalue weighted by atomic mass is 35.5. The van der Waals surface area contributed by atoms with Crippen LogP contribution in [0.5, 0.6) is 0 Å². The van der Waals surface area contributed by atoms with Crippen molar-refractivity contribution in [1.29, 1.82) is 0 Å². The van der Waals surface area contributed by atoms with Crippen LogP contribution in [0.3, 0.4) is 0 Å². The van der Waals surface area contributed by atoms with Crippen molar-refractivity contribution in [3.05, 3.63) is 35.9 Å². The summed E-state index contributed by atoms with van der Waals surface area (Å²) in [5.41, 5.74) is 5.99. The number of rotatable bonds is 7. The van der Waals surface area contributed by atoms with Gasteiger partial charge in [-0.2, -0.15) is 0 Å². The second-order valence-electron chi connectivity index (χ2n) is 4.09. The van der Waals surface area contributed by atoms with E-state index >= 15 is 0 Å². The Labute approximate surface area is 118 Å². The maximum Gasteiger partial charge on any atom is 0.320 e. The quantitative estimate of drug-likeness (QED) is 0.708. The molecule has 5 nitrogen and oxygen atoms in total. The lowest BCUT2D eigenvalue weighted by Gasteiger charge is -2.21. The summed E-state index contributed by atoms with van der Waals surface area (Å²) in [5, 5.41) is 11.9. The summed E-state index contributed by atoms with van der Waals surface area (Å²) in [6, 6.07) is 7.32. The first-order valence-electron chi connectivity index (χ1n) is 5.89. The first-order valence-corrected chi connectivity index (χ1v) is 5.89. The van der Waals surface area contributed by atoms with Crippen LogP contribution in [0.25, 0.3) is 0 Å². The Kier molecular flexibility index (Phi) is 7.79. The number of carbonyl (C=O) groups excluding carboxylic acids is 1. The van der Waals surface area contributed by atoms with Crippen LogP contribution in [0.4, 0.5) is 0 Å². The van der Waals surface area contributed by atoms with E-state index in [1.165, 1.54) is 0 Å². The first kappa shape index (κ1) is 17.4. The average Bonchev–Trinajstić information content (AvgIpc) is 2.34. The molecule has 1 aromatic rings. The average molecular weight is 287 g/mol. The van der Waals surface area contributed by atoms with Crippen molar-refractivity contribution in [2.75, 3.05) is 0 Å². The molecule has 0 heterocycles. The van der Waals surface area contributed by atoms with Gasteiger partial charge in [-0.15, -0.1) is 12.4 Å². The number of hydrogen-bond donors (Lipinski definition) is 3. The van der Waals surface area contributed by atoms with Crippen LogP contribution >= 0.6 is 12.4 Å². The van der Waals surface area contributed by atoms with Crippen LogP contribution in [0.1, 0.15) is 31.4 Å². The van der Waals surface area contributed by atoms with E-state index in [9.17, 15) is 9.59 Å². The van der Waals surface area contributed by atoms with Gasteiger partial charge in [0.2, 0.25) is 5.91 Å². The van der Waals surface area contributed by atoms with Crippen LogP contribution in [0, 0.1) is 0 Å². The van der Waals surface area contributed by atoms with Gasteiger partial charge >= 0.3 is 5.97 Å². The van der Waals surface area contributed by atoms with E-state index in [0.29, 0.717) is 18.4 Å². The van der Waals surface area contributed by atoms with Crippen molar-refractivity contribution in [2.45, 2.75) is 31.8 Å². The van der Waals surface area contributed by atoms with E-state index in [1.54, 1.807) is 24.3 Å². The van der Waals surface area contributed by atoms with Gasteiger partial charge in [0.05, 0.1) is 0 Å². The standard InChI is InChI=1S/C13H18N2O3.ClH/c1-2-6-10(13(17)18)15-11(12(14)16)9-7-4-3-5-8-9;/h3-5,7-8,10-11,15H,2,6H2,1H3,(H2,14,16)(H,17,18);1H. The van der Waals surface area contributed by atoms with Gasteiger partial charge in [-0.1, -0.05) is 43.7 Å². The second-order valence-corrected chi connectivity index (χ2v) is 4.09. The van der Waals surface area contributed by atoms with E-state index in [-0.39, 0.29) is 12.4 Å². The van der Waals surface area contributed by atoms with Crippen LogP contribution < -0.4 is 11.1 Å². The molecule has 0 aromatic heterocycles. The van der Waals surface area contributed by atoms with Crippen LogP contribution in [-0.4, -0.2) is 23.0 Å². The third kappa shape index (κ3) is 5.28. The Balaban J connectivity index is 0.00000324. The molecule has 0 saturated carbocycles. The van der Waals surface area contributed by atoms with Gasteiger partial charge in [0, 0.05) is 0 Å². The number of nitrogens with two attached hydrogens (primary N) is 1. The molecule has 4 N–H and O–H groups in total. The van der Waals surface area contributed by atoms with Gasteiger partial charge in [0.25, 0.3) is 0 Å². The van der Waals surface area contributed by atoms with Gasteiger partial charge in [0.15, 0.2) is 0 Å². The number of halogens is 1. The number of hydrogen-bond acceptors (Lipinski definition) is 3.